The van der Waals surface area contributed by atoms with Crippen molar-refractivity contribution in [3.8, 4) is 11.3 Å². The molecule has 0 spiro atoms. The van der Waals surface area contributed by atoms with Crippen molar-refractivity contribution in [3.63, 3.8) is 0 Å². The minimum Gasteiger partial charge on any atom is -0.360 e. The molecule has 4 aromatic rings. The van der Waals surface area contributed by atoms with Crippen LogP contribution in [-0.4, -0.2) is 74.1 Å². The third-order valence-corrected chi connectivity index (χ3v) is 10.5. The molecule has 0 unspecified atom stereocenters. The monoisotopic (exact) mass is 649 g/mol. The summed E-state index contributed by atoms with van der Waals surface area (Å²) in [7, 11) is -1.16. The molecule has 3 heterocycles. The minimum atomic E-state index is -3.88. The first-order chi connectivity index (χ1) is 20.1. The molecule has 2 fully saturated rings. The number of halogens is 2. The average molecular weight is 651 g/mol. The Kier molecular flexibility index (Phi) is 8.17. The Morgan fingerprint density at radius 3 is 2.50 bits per heavy atom. The van der Waals surface area contributed by atoms with Crippen LogP contribution in [0.1, 0.15) is 40.4 Å². The molecule has 2 aliphatic rings. The van der Waals surface area contributed by atoms with Crippen molar-refractivity contribution >= 4 is 66.0 Å². The van der Waals surface area contributed by atoms with Crippen molar-refractivity contribution in [1.82, 2.24) is 29.6 Å². The van der Waals surface area contributed by atoms with Gasteiger partial charge in [0.15, 0.2) is 5.13 Å². The second-order valence-electron chi connectivity index (χ2n) is 10.5. The summed E-state index contributed by atoms with van der Waals surface area (Å²) >= 11 is 14.5. The number of piperazine rings is 1. The molecule has 2 aromatic heterocycles. The molecule has 0 radical (unpaired) electrons. The van der Waals surface area contributed by atoms with E-state index in [1.807, 2.05) is 6.07 Å². The van der Waals surface area contributed by atoms with Gasteiger partial charge in [-0.25, -0.2) is 14.7 Å². The van der Waals surface area contributed by atoms with Gasteiger partial charge in [-0.3, -0.25) is 10.2 Å². The predicted molar refractivity (Wildman–Crippen MR) is 164 cm³/mol. The van der Waals surface area contributed by atoms with E-state index in [0.717, 1.165) is 70.0 Å². The molecule has 1 aliphatic heterocycles. The lowest BCUT2D eigenvalue weighted by molar-refractivity contribution is 0.0980. The molecule has 15 heteroatoms. The van der Waals surface area contributed by atoms with Crippen LogP contribution in [0.4, 0.5) is 5.13 Å². The number of hydrazine groups is 1. The highest BCUT2D eigenvalue weighted by molar-refractivity contribution is 7.87. The van der Waals surface area contributed by atoms with E-state index in [1.54, 1.807) is 30.3 Å². The second kappa shape index (κ2) is 11.7. The van der Waals surface area contributed by atoms with Crippen molar-refractivity contribution in [2.75, 3.05) is 45.2 Å². The number of rotatable bonds is 9. The van der Waals surface area contributed by atoms with Gasteiger partial charge in [-0.15, -0.1) is 0 Å². The zero-order valence-corrected chi connectivity index (χ0v) is 26.1. The molecule has 1 amide bonds. The van der Waals surface area contributed by atoms with Gasteiger partial charge >= 0.3 is 10.2 Å². The van der Waals surface area contributed by atoms with Crippen LogP contribution in [0.5, 0.6) is 0 Å². The zero-order chi connectivity index (χ0) is 29.6. The molecular weight excluding hydrogens is 621 g/mol. The molecule has 6 rings (SSSR count). The molecule has 1 saturated heterocycles. The highest BCUT2D eigenvalue weighted by atomic mass is 35.5. The number of carbonyl (C=O) groups excluding carboxylic acids is 1. The number of benzene rings is 2. The Bertz CT molecular complexity index is 1730. The summed E-state index contributed by atoms with van der Waals surface area (Å²) in [5, 5.41) is 8.48. The molecule has 11 nitrogen and oxygen atoms in total. The fourth-order valence-electron chi connectivity index (χ4n) is 4.78. The number of carbonyl (C=O) groups is 1. The fraction of sp³-hybridized carbons (Fsp3) is 0.370. The second-order valence-corrected chi connectivity index (χ2v) is 14.2. The van der Waals surface area contributed by atoms with Gasteiger partial charge in [0.2, 0.25) is 0 Å². The number of hydrogen-bond donors (Lipinski definition) is 2. The lowest BCUT2D eigenvalue weighted by Gasteiger charge is -2.34. The highest BCUT2D eigenvalue weighted by Crippen LogP contribution is 2.45. The number of nitrogens with zero attached hydrogens (tertiary/aromatic N) is 5. The van der Waals surface area contributed by atoms with Crippen LogP contribution in [0.15, 0.2) is 40.9 Å². The van der Waals surface area contributed by atoms with Gasteiger partial charge < -0.3 is 9.42 Å². The number of hydrogen-bond acceptors (Lipinski definition) is 10. The Morgan fingerprint density at radius 1 is 1.12 bits per heavy atom. The Hall–Kier alpha value is -2.78. The van der Waals surface area contributed by atoms with E-state index >= 15 is 0 Å². The number of fused-ring (bicyclic) bond motifs is 1. The van der Waals surface area contributed by atoms with Crippen LogP contribution in [-0.2, 0) is 16.8 Å². The summed E-state index contributed by atoms with van der Waals surface area (Å²) in [6.45, 7) is 3.57. The molecule has 42 heavy (non-hydrogen) atoms. The van der Waals surface area contributed by atoms with Gasteiger partial charge in [0, 0.05) is 69.4 Å². The van der Waals surface area contributed by atoms with Gasteiger partial charge in [-0.1, -0.05) is 45.8 Å². The smallest absolute Gasteiger partial charge is 0.303 e. The van der Waals surface area contributed by atoms with E-state index in [4.69, 9.17) is 32.7 Å². The molecule has 2 aromatic carbocycles. The maximum Gasteiger partial charge on any atom is 0.303 e. The van der Waals surface area contributed by atoms with E-state index in [1.165, 1.54) is 25.4 Å². The van der Waals surface area contributed by atoms with Gasteiger partial charge in [0.05, 0.1) is 20.3 Å². The Morgan fingerprint density at radius 2 is 1.83 bits per heavy atom. The molecule has 1 aliphatic carbocycles. The molecule has 0 bridgehead atoms. The summed E-state index contributed by atoms with van der Waals surface area (Å²) in [5.74, 6) is 0.594. The van der Waals surface area contributed by atoms with Crippen LogP contribution in [0.2, 0.25) is 10.0 Å². The van der Waals surface area contributed by atoms with Crippen molar-refractivity contribution in [2.24, 2.45) is 0 Å². The van der Waals surface area contributed by atoms with E-state index in [2.05, 4.69) is 25.2 Å². The van der Waals surface area contributed by atoms with Gasteiger partial charge in [0.25, 0.3) is 5.91 Å². The first-order valence-corrected chi connectivity index (χ1v) is 16.4. The number of thiazole rings is 1. The first-order valence-electron chi connectivity index (χ1n) is 13.4. The van der Waals surface area contributed by atoms with Crippen molar-refractivity contribution in [3.05, 3.63) is 63.3 Å². The summed E-state index contributed by atoms with van der Waals surface area (Å²) in [4.78, 5) is 19.5. The summed E-state index contributed by atoms with van der Waals surface area (Å²) in [6.07, 6.45) is 2.17. The quantitative estimate of drug-likeness (QED) is 0.270. The number of anilines is 1. The van der Waals surface area contributed by atoms with E-state index in [-0.39, 0.29) is 5.56 Å². The summed E-state index contributed by atoms with van der Waals surface area (Å²) in [5.41, 5.74) is 6.92. The molecule has 1 saturated carbocycles. The molecular formula is C27H29Cl2N7O4S2. The van der Waals surface area contributed by atoms with Crippen LogP contribution >= 0.6 is 34.5 Å². The minimum absolute atomic E-state index is 0.258. The normalized spacial score (nSPS) is 16.5. The maximum absolute atomic E-state index is 12.5. The number of amides is 1. The average Bonchev–Trinajstić information content (AvgIpc) is 3.57. The van der Waals surface area contributed by atoms with Crippen LogP contribution < -0.4 is 15.0 Å². The molecule has 2 N–H and O–H groups in total. The van der Waals surface area contributed by atoms with Crippen LogP contribution in [0.25, 0.3) is 21.5 Å². The number of aromatic nitrogens is 2. The molecule has 0 atom stereocenters. The Labute approximate surface area is 257 Å². The van der Waals surface area contributed by atoms with Crippen molar-refractivity contribution in [1.29, 1.82) is 0 Å². The van der Waals surface area contributed by atoms with Crippen LogP contribution in [0.3, 0.4) is 0 Å². The lowest BCUT2D eigenvalue weighted by Crippen LogP contribution is -2.51. The highest BCUT2D eigenvalue weighted by Gasteiger charge is 2.33. The van der Waals surface area contributed by atoms with E-state index in [0.29, 0.717) is 33.8 Å². The van der Waals surface area contributed by atoms with Gasteiger partial charge in [-0.2, -0.15) is 12.7 Å². The summed E-state index contributed by atoms with van der Waals surface area (Å²) in [6, 6.07) is 10.4. The fourth-order valence-corrected chi connectivity index (χ4v) is 6.95. The summed E-state index contributed by atoms with van der Waals surface area (Å²) < 4.78 is 33.7. The maximum atomic E-state index is 12.5. The van der Waals surface area contributed by atoms with E-state index in [9.17, 15) is 13.2 Å². The number of nitrogens with one attached hydrogen (secondary N) is 2. The first kappa shape index (κ1) is 29.3. The Balaban J connectivity index is 1.11. The van der Waals surface area contributed by atoms with Gasteiger partial charge in [0.1, 0.15) is 11.5 Å². The molecule has 222 valence electrons. The largest absolute Gasteiger partial charge is 0.360 e. The SMILES string of the molecule is CN(C)S(=O)(=O)NC(=O)c1ccc2nc(N3CCN(NCc4c(-c5c(Cl)cccc5Cl)noc4C4CC4)CC3)sc2c1. The van der Waals surface area contributed by atoms with Crippen LogP contribution in [0, 0.1) is 0 Å². The zero-order valence-electron chi connectivity index (χ0n) is 22.9. The third kappa shape index (κ3) is 6.00. The third-order valence-electron chi connectivity index (χ3n) is 7.34. The van der Waals surface area contributed by atoms with Crippen molar-refractivity contribution in [2.45, 2.75) is 25.3 Å². The topological polar surface area (TPSA) is 124 Å². The predicted octanol–water partition coefficient (Wildman–Crippen LogP) is 4.50. The lowest BCUT2D eigenvalue weighted by atomic mass is 10.0. The van der Waals surface area contributed by atoms with Crippen molar-refractivity contribution < 1.29 is 17.7 Å². The van der Waals surface area contributed by atoms with E-state index < -0.39 is 16.1 Å². The van der Waals surface area contributed by atoms with Gasteiger partial charge in [-0.05, 0) is 43.2 Å². The standard InChI is InChI=1S/C27H29Cl2N7O4S2/c1-34(2)42(38,39)33-26(37)17-8-9-21-22(14-17)41-27(31-21)35-10-12-36(13-11-35)30-15-18-24(32-40-25(18)16-6-7-16)23-19(28)4-3-5-20(23)29/h3-5,8-9,14,16,30H,6-7,10-13,15H2,1-2H3,(H,33,37).